The van der Waals surface area contributed by atoms with Crippen molar-refractivity contribution >= 4 is 33.1 Å². The van der Waals surface area contributed by atoms with Crippen LogP contribution in [0.15, 0.2) is 28.2 Å². The van der Waals surface area contributed by atoms with Crippen LogP contribution in [0.25, 0.3) is 0 Å². The van der Waals surface area contributed by atoms with Crippen LogP contribution in [0, 0.1) is 6.92 Å². The summed E-state index contributed by atoms with van der Waals surface area (Å²) < 4.78 is 1.04. The van der Waals surface area contributed by atoms with Crippen molar-refractivity contribution in [3.05, 3.63) is 44.2 Å². The SMILES string of the molecule is Cc1ccnc(N)c1C(NN)c1cc(Br)cs1. The third-order valence-electron chi connectivity index (χ3n) is 2.57. The fraction of sp³-hybridized carbons (Fsp3) is 0.182. The van der Waals surface area contributed by atoms with Gasteiger partial charge in [-0.2, -0.15) is 0 Å². The third-order valence-corrected chi connectivity index (χ3v) is 4.32. The van der Waals surface area contributed by atoms with Gasteiger partial charge in [-0.25, -0.2) is 10.4 Å². The Kier molecular flexibility index (Phi) is 3.78. The number of nitrogens with zero attached hydrogens (tertiary/aromatic N) is 1. The van der Waals surface area contributed by atoms with Crippen molar-refractivity contribution in [2.24, 2.45) is 5.84 Å². The van der Waals surface area contributed by atoms with Crippen molar-refractivity contribution in [3.63, 3.8) is 0 Å². The van der Waals surface area contributed by atoms with Crippen LogP contribution in [0.2, 0.25) is 0 Å². The number of hydrogen-bond donors (Lipinski definition) is 3. The zero-order valence-electron chi connectivity index (χ0n) is 9.27. The lowest BCUT2D eigenvalue weighted by Crippen LogP contribution is -2.29. The van der Waals surface area contributed by atoms with Crippen LogP contribution in [0.3, 0.4) is 0 Å². The minimum atomic E-state index is -0.125. The fourth-order valence-corrected chi connectivity index (χ4v) is 3.27. The molecular formula is C11H13BrN4S. The maximum Gasteiger partial charge on any atom is 0.128 e. The van der Waals surface area contributed by atoms with Gasteiger partial charge in [-0.15, -0.1) is 11.3 Å². The van der Waals surface area contributed by atoms with E-state index < -0.39 is 0 Å². The first kappa shape index (κ1) is 12.5. The highest BCUT2D eigenvalue weighted by atomic mass is 79.9. The molecule has 90 valence electrons. The normalized spacial score (nSPS) is 12.6. The number of thiophene rings is 1. The van der Waals surface area contributed by atoms with E-state index >= 15 is 0 Å². The van der Waals surface area contributed by atoms with Crippen molar-refractivity contribution in [1.82, 2.24) is 10.4 Å². The molecule has 0 fully saturated rings. The summed E-state index contributed by atoms with van der Waals surface area (Å²) in [4.78, 5) is 5.22. The number of aryl methyl sites for hydroxylation is 1. The second kappa shape index (κ2) is 5.14. The molecule has 4 nitrogen and oxygen atoms in total. The van der Waals surface area contributed by atoms with Crippen LogP contribution in [0.4, 0.5) is 5.82 Å². The molecule has 0 aliphatic heterocycles. The molecule has 0 aliphatic carbocycles. The third kappa shape index (κ3) is 2.50. The molecule has 0 amide bonds. The van der Waals surface area contributed by atoms with E-state index in [2.05, 4.69) is 26.3 Å². The van der Waals surface area contributed by atoms with Gasteiger partial charge in [-0.05, 0) is 40.5 Å². The van der Waals surface area contributed by atoms with Gasteiger partial charge < -0.3 is 5.73 Å². The van der Waals surface area contributed by atoms with E-state index in [0.29, 0.717) is 5.82 Å². The number of hydrazine groups is 1. The molecule has 6 heteroatoms. The van der Waals surface area contributed by atoms with E-state index in [1.807, 2.05) is 24.4 Å². The smallest absolute Gasteiger partial charge is 0.128 e. The Bertz CT molecular complexity index is 506. The molecule has 2 aromatic rings. The Hall–Kier alpha value is -0.950. The van der Waals surface area contributed by atoms with Crippen LogP contribution in [-0.2, 0) is 0 Å². The number of nitrogens with two attached hydrogens (primary N) is 2. The predicted molar refractivity (Wildman–Crippen MR) is 74.6 cm³/mol. The van der Waals surface area contributed by atoms with Gasteiger partial charge in [0.2, 0.25) is 0 Å². The summed E-state index contributed by atoms with van der Waals surface area (Å²) in [5.41, 5.74) is 10.7. The molecule has 1 unspecified atom stereocenters. The Morgan fingerprint density at radius 1 is 1.53 bits per heavy atom. The van der Waals surface area contributed by atoms with Gasteiger partial charge in [0.15, 0.2) is 0 Å². The minimum absolute atomic E-state index is 0.125. The van der Waals surface area contributed by atoms with Crippen LogP contribution in [0.5, 0.6) is 0 Å². The van der Waals surface area contributed by atoms with Crippen molar-refractivity contribution < 1.29 is 0 Å². The summed E-state index contributed by atoms with van der Waals surface area (Å²) in [5, 5.41) is 2.02. The summed E-state index contributed by atoms with van der Waals surface area (Å²) in [5.74, 6) is 6.15. The molecule has 0 spiro atoms. The van der Waals surface area contributed by atoms with E-state index in [-0.39, 0.29) is 6.04 Å². The Morgan fingerprint density at radius 3 is 2.82 bits per heavy atom. The molecule has 17 heavy (non-hydrogen) atoms. The highest BCUT2D eigenvalue weighted by molar-refractivity contribution is 9.10. The Labute approximate surface area is 112 Å². The van der Waals surface area contributed by atoms with Gasteiger partial charge in [-0.3, -0.25) is 5.84 Å². The van der Waals surface area contributed by atoms with Crippen molar-refractivity contribution in [2.75, 3.05) is 5.73 Å². The van der Waals surface area contributed by atoms with E-state index in [4.69, 9.17) is 11.6 Å². The molecule has 0 aliphatic rings. The first-order valence-corrected chi connectivity index (χ1v) is 6.71. The average molecular weight is 313 g/mol. The lowest BCUT2D eigenvalue weighted by molar-refractivity contribution is 0.643. The molecule has 2 heterocycles. The lowest BCUT2D eigenvalue weighted by Gasteiger charge is -2.18. The maximum absolute atomic E-state index is 5.93. The standard InChI is InChI=1S/C11H13BrN4S/c1-6-2-3-15-11(13)9(6)10(16-14)8-4-7(12)5-17-8/h2-5,10,16H,14H2,1H3,(H2,13,15). The molecule has 1 atom stereocenters. The predicted octanol–water partition coefficient (Wildman–Crippen LogP) is 2.35. The van der Waals surface area contributed by atoms with Crippen molar-refractivity contribution in [1.29, 1.82) is 0 Å². The topological polar surface area (TPSA) is 77.0 Å². The second-order valence-electron chi connectivity index (χ2n) is 3.69. The average Bonchev–Trinajstić information content (AvgIpc) is 2.70. The number of anilines is 1. The quantitative estimate of drug-likeness (QED) is 0.600. The van der Waals surface area contributed by atoms with Crippen molar-refractivity contribution in [3.8, 4) is 0 Å². The zero-order chi connectivity index (χ0) is 12.4. The number of halogens is 1. The molecule has 0 aromatic carbocycles. The van der Waals surface area contributed by atoms with Crippen LogP contribution in [-0.4, -0.2) is 4.98 Å². The number of pyridine rings is 1. The van der Waals surface area contributed by atoms with Gasteiger partial charge in [0.05, 0.1) is 6.04 Å². The van der Waals surface area contributed by atoms with Crippen molar-refractivity contribution in [2.45, 2.75) is 13.0 Å². The van der Waals surface area contributed by atoms with Crippen LogP contribution in [0.1, 0.15) is 22.0 Å². The van der Waals surface area contributed by atoms with E-state index in [9.17, 15) is 0 Å². The number of hydrogen-bond acceptors (Lipinski definition) is 5. The highest BCUT2D eigenvalue weighted by Crippen LogP contribution is 2.33. The molecule has 0 saturated carbocycles. The first-order chi connectivity index (χ1) is 8.13. The first-order valence-electron chi connectivity index (χ1n) is 5.04. The Balaban J connectivity index is 2.49. The molecule has 0 radical (unpaired) electrons. The van der Waals surface area contributed by atoms with Crippen LogP contribution >= 0.6 is 27.3 Å². The van der Waals surface area contributed by atoms with Gasteiger partial charge in [0, 0.05) is 26.5 Å². The van der Waals surface area contributed by atoms with Crippen LogP contribution < -0.4 is 17.0 Å². The summed E-state index contributed by atoms with van der Waals surface area (Å²) in [6, 6.07) is 3.83. The molecule has 2 rings (SSSR count). The number of rotatable bonds is 3. The number of nitrogens with one attached hydrogen (secondary N) is 1. The highest BCUT2D eigenvalue weighted by Gasteiger charge is 2.19. The van der Waals surface area contributed by atoms with Gasteiger partial charge >= 0.3 is 0 Å². The summed E-state index contributed by atoms with van der Waals surface area (Å²) in [6.45, 7) is 2.00. The van der Waals surface area contributed by atoms with Gasteiger partial charge in [0.1, 0.15) is 5.82 Å². The van der Waals surface area contributed by atoms with Gasteiger partial charge in [0.25, 0.3) is 0 Å². The maximum atomic E-state index is 5.93. The largest absolute Gasteiger partial charge is 0.383 e. The molecule has 0 bridgehead atoms. The van der Waals surface area contributed by atoms with E-state index in [1.165, 1.54) is 0 Å². The van der Waals surface area contributed by atoms with E-state index in [1.54, 1.807) is 17.5 Å². The fourth-order valence-electron chi connectivity index (χ4n) is 1.75. The molecule has 2 aromatic heterocycles. The minimum Gasteiger partial charge on any atom is -0.383 e. The van der Waals surface area contributed by atoms with E-state index in [0.717, 1.165) is 20.5 Å². The lowest BCUT2D eigenvalue weighted by atomic mass is 10.0. The molecule has 0 saturated heterocycles. The monoisotopic (exact) mass is 312 g/mol. The summed E-state index contributed by atoms with van der Waals surface area (Å²) in [6.07, 6.45) is 1.70. The Morgan fingerprint density at radius 2 is 2.29 bits per heavy atom. The second-order valence-corrected chi connectivity index (χ2v) is 5.55. The molecular weight excluding hydrogens is 300 g/mol. The summed E-state index contributed by atoms with van der Waals surface area (Å²) >= 11 is 5.06. The summed E-state index contributed by atoms with van der Waals surface area (Å²) in [7, 11) is 0. The number of nitrogen functional groups attached to an aromatic ring is 1. The number of aromatic nitrogens is 1. The van der Waals surface area contributed by atoms with Gasteiger partial charge in [-0.1, -0.05) is 0 Å². The zero-order valence-corrected chi connectivity index (χ0v) is 11.7. The molecule has 5 N–H and O–H groups in total.